The summed E-state index contributed by atoms with van der Waals surface area (Å²) in [7, 11) is 0. The van der Waals surface area contributed by atoms with Crippen molar-refractivity contribution in [2.75, 3.05) is 0 Å². The molecule has 4 fully saturated rings. The molecule has 4 saturated carbocycles. The van der Waals surface area contributed by atoms with Gasteiger partial charge in [-0.1, -0.05) is 20.4 Å². The van der Waals surface area contributed by atoms with E-state index in [2.05, 4.69) is 20.4 Å². The second-order valence-corrected chi connectivity index (χ2v) is 7.43. The normalized spacial score (nSPS) is 43.8. The largest absolute Gasteiger partial charge is 0.455 e. The second kappa shape index (κ2) is 3.61. The molecule has 0 aromatic rings. The first-order valence-corrected chi connectivity index (χ1v) is 7.23. The van der Waals surface area contributed by atoms with Crippen LogP contribution in [0.3, 0.4) is 0 Å². The van der Waals surface area contributed by atoms with E-state index in [0.717, 1.165) is 30.6 Å². The third kappa shape index (κ3) is 1.50. The number of esters is 1. The highest BCUT2D eigenvalue weighted by atomic mass is 16.6. The molecule has 2 heteroatoms. The monoisotopic (exact) mass is 248 g/mol. The van der Waals surface area contributed by atoms with E-state index in [0.29, 0.717) is 5.57 Å². The van der Waals surface area contributed by atoms with E-state index in [-0.39, 0.29) is 17.0 Å². The smallest absolute Gasteiger partial charge is 0.333 e. The highest BCUT2D eigenvalue weighted by Gasteiger charge is 2.63. The van der Waals surface area contributed by atoms with Crippen LogP contribution in [0.2, 0.25) is 0 Å². The van der Waals surface area contributed by atoms with Crippen LogP contribution in [0.1, 0.15) is 52.9 Å². The molecule has 100 valence electrons. The summed E-state index contributed by atoms with van der Waals surface area (Å²) < 4.78 is 5.99. The summed E-state index contributed by atoms with van der Waals surface area (Å²) in [4.78, 5) is 12.0. The predicted octanol–water partition coefficient (Wildman–Crippen LogP) is 3.71. The second-order valence-electron chi connectivity index (χ2n) is 7.43. The van der Waals surface area contributed by atoms with E-state index in [9.17, 15) is 4.79 Å². The van der Waals surface area contributed by atoms with Crippen LogP contribution in [0.5, 0.6) is 0 Å². The van der Waals surface area contributed by atoms with Crippen LogP contribution in [-0.2, 0) is 9.53 Å². The molecule has 0 aromatic heterocycles. The van der Waals surface area contributed by atoms with Gasteiger partial charge >= 0.3 is 5.97 Å². The molecule has 2 nitrogen and oxygen atoms in total. The van der Waals surface area contributed by atoms with E-state index >= 15 is 0 Å². The minimum absolute atomic E-state index is 0.130. The molecular weight excluding hydrogens is 224 g/mol. The van der Waals surface area contributed by atoms with Crippen molar-refractivity contribution in [3.8, 4) is 0 Å². The van der Waals surface area contributed by atoms with Gasteiger partial charge in [0.2, 0.25) is 0 Å². The first-order valence-electron chi connectivity index (χ1n) is 7.23. The fourth-order valence-corrected chi connectivity index (χ4v) is 4.88. The lowest BCUT2D eigenvalue weighted by atomic mass is 9.44. The summed E-state index contributed by atoms with van der Waals surface area (Å²) >= 11 is 0. The van der Waals surface area contributed by atoms with Crippen LogP contribution in [0.4, 0.5) is 0 Å². The maximum atomic E-state index is 12.0. The maximum Gasteiger partial charge on any atom is 0.333 e. The molecule has 0 spiro atoms. The van der Waals surface area contributed by atoms with Gasteiger partial charge < -0.3 is 4.74 Å². The molecule has 4 bridgehead atoms. The number of carbonyl (C=O) groups excluding carboxylic acids is 1. The van der Waals surface area contributed by atoms with Gasteiger partial charge in [-0.2, -0.15) is 0 Å². The van der Waals surface area contributed by atoms with Crippen LogP contribution in [0, 0.1) is 23.2 Å². The van der Waals surface area contributed by atoms with Gasteiger partial charge in [-0.15, -0.1) is 0 Å². The van der Waals surface area contributed by atoms with Crippen molar-refractivity contribution in [2.24, 2.45) is 23.2 Å². The van der Waals surface area contributed by atoms with Gasteiger partial charge in [0.05, 0.1) is 0 Å². The van der Waals surface area contributed by atoms with Crippen molar-refractivity contribution in [3.63, 3.8) is 0 Å². The molecule has 18 heavy (non-hydrogen) atoms. The van der Waals surface area contributed by atoms with E-state index in [1.807, 2.05) is 0 Å². The number of hydrogen-bond acceptors (Lipinski definition) is 2. The fourth-order valence-electron chi connectivity index (χ4n) is 4.88. The van der Waals surface area contributed by atoms with Crippen LogP contribution in [-0.4, -0.2) is 11.6 Å². The number of carbonyl (C=O) groups is 1. The van der Waals surface area contributed by atoms with Crippen molar-refractivity contribution in [1.82, 2.24) is 0 Å². The zero-order valence-electron chi connectivity index (χ0n) is 11.8. The summed E-state index contributed by atoms with van der Waals surface area (Å²) in [6.45, 7) is 10.1. The molecule has 0 amide bonds. The Morgan fingerprint density at radius 3 is 2.22 bits per heavy atom. The van der Waals surface area contributed by atoms with Gasteiger partial charge in [0, 0.05) is 11.0 Å². The Bertz CT molecular complexity index is 393. The fraction of sp³-hybridized carbons (Fsp3) is 0.812. The first-order chi connectivity index (χ1) is 8.34. The first kappa shape index (κ1) is 12.3. The summed E-state index contributed by atoms with van der Waals surface area (Å²) in [6.07, 6.45) is 6.20. The van der Waals surface area contributed by atoms with Crippen LogP contribution in [0.15, 0.2) is 12.2 Å². The maximum absolute atomic E-state index is 12.0. The van der Waals surface area contributed by atoms with E-state index in [1.165, 1.54) is 19.3 Å². The van der Waals surface area contributed by atoms with Gasteiger partial charge in [-0.3, -0.25) is 0 Å². The van der Waals surface area contributed by atoms with Crippen molar-refractivity contribution < 1.29 is 9.53 Å². The highest BCUT2D eigenvalue weighted by molar-refractivity contribution is 5.87. The standard InChI is InChI=1S/C16H24O2/c1-10(2)14(17)18-16-8-11-5-12(9-16)7-13(6-11)15(16,3)4/h11-13H,1,5-9H2,2-4H3. The van der Waals surface area contributed by atoms with E-state index < -0.39 is 0 Å². The Balaban J connectivity index is 1.93. The SMILES string of the molecule is C=C(C)C(=O)OC12CC3CC(CC(C3)C1(C)C)C2. The molecule has 2 unspecified atom stereocenters. The topological polar surface area (TPSA) is 26.3 Å². The van der Waals surface area contributed by atoms with Gasteiger partial charge in [0.15, 0.2) is 0 Å². The molecular formula is C16H24O2. The Hall–Kier alpha value is -0.790. The van der Waals surface area contributed by atoms with Gasteiger partial charge in [0.25, 0.3) is 0 Å². The summed E-state index contributed by atoms with van der Waals surface area (Å²) in [5.41, 5.74) is 0.449. The molecule has 0 radical (unpaired) electrons. The Kier molecular flexibility index (Phi) is 2.46. The lowest BCUT2D eigenvalue weighted by molar-refractivity contribution is -0.232. The molecule has 2 atom stereocenters. The third-order valence-corrected chi connectivity index (χ3v) is 5.97. The summed E-state index contributed by atoms with van der Waals surface area (Å²) in [5, 5.41) is 0. The molecule has 0 aromatic carbocycles. The Morgan fingerprint density at radius 1 is 1.17 bits per heavy atom. The van der Waals surface area contributed by atoms with Crippen molar-refractivity contribution in [1.29, 1.82) is 0 Å². The van der Waals surface area contributed by atoms with Crippen molar-refractivity contribution in [3.05, 3.63) is 12.2 Å². The molecule has 4 aliphatic carbocycles. The summed E-state index contributed by atoms with van der Waals surface area (Å²) in [5.74, 6) is 2.12. The van der Waals surface area contributed by atoms with Crippen LogP contribution >= 0.6 is 0 Å². The third-order valence-electron chi connectivity index (χ3n) is 5.97. The lowest BCUT2D eigenvalue weighted by Gasteiger charge is -2.64. The van der Waals surface area contributed by atoms with Gasteiger partial charge in [-0.05, 0) is 56.8 Å². The molecule has 0 heterocycles. The quantitative estimate of drug-likeness (QED) is 0.550. The Morgan fingerprint density at radius 2 is 1.72 bits per heavy atom. The number of hydrogen-bond donors (Lipinski definition) is 0. The van der Waals surface area contributed by atoms with Crippen molar-refractivity contribution in [2.45, 2.75) is 58.5 Å². The summed E-state index contributed by atoms with van der Waals surface area (Å²) in [6, 6.07) is 0. The van der Waals surface area contributed by atoms with Crippen molar-refractivity contribution >= 4 is 5.97 Å². The average molecular weight is 248 g/mol. The average Bonchev–Trinajstić information content (AvgIpc) is 2.25. The minimum Gasteiger partial charge on any atom is -0.455 e. The zero-order chi connectivity index (χ0) is 13.1. The van der Waals surface area contributed by atoms with Crippen LogP contribution < -0.4 is 0 Å². The lowest BCUT2D eigenvalue weighted by Crippen LogP contribution is -2.63. The minimum atomic E-state index is -0.211. The molecule has 0 saturated heterocycles. The molecule has 0 aliphatic heterocycles. The Labute approximate surface area is 110 Å². The zero-order valence-corrected chi connectivity index (χ0v) is 11.8. The number of ether oxygens (including phenoxy) is 1. The molecule has 4 aliphatic rings. The molecule has 0 N–H and O–H groups in total. The van der Waals surface area contributed by atoms with E-state index in [1.54, 1.807) is 6.92 Å². The van der Waals surface area contributed by atoms with E-state index in [4.69, 9.17) is 4.74 Å². The number of rotatable bonds is 2. The predicted molar refractivity (Wildman–Crippen MR) is 71.0 cm³/mol. The van der Waals surface area contributed by atoms with Gasteiger partial charge in [0.1, 0.15) is 5.60 Å². The van der Waals surface area contributed by atoms with Crippen LogP contribution in [0.25, 0.3) is 0 Å². The highest BCUT2D eigenvalue weighted by Crippen LogP contribution is 2.65. The molecule has 4 rings (SSSR count). The van der Waals surface area contributed by atoms with Gasteiger partial charge in [-0.25, -0.2) is 4.79 Å².